The standard InChI is InChI=1S/C5H6N6O/c6-5-7-9-10-11(5)3-4-1-2-12-8-4/h1-2H,3H2,(H2,6,7,10). The Bertz CT molecular complexity index is 352. The summed E-state index contributed by atoms with van der Waals surface area (Å²) in [7, 11) is 0. The molecule has 62 valence electrons. The lowest BCUT2D eigenvalue weighted by atomic mass is 10.4. The molecule has 0 bridgehead atoms. The minimum atomic E-state index is 0.262. The fourth-order valence-corrected chi connectivity index (χ4v) is 0.797. The van der Waals surface area contributed by atoms with E-state index >= 15 is 0 Å². The number of anilines is 1. The van der Waals surface area contributed by atoms with Crippen LogP contribution in [-0.2, 0) is 6.54 Å². The Morgan fingerprint density at radius 3 is 3.08 bits per heavy atom. The van der Waals surface area contributed by atoms with Crippen LogP contribution in [0.2, 0.25) is 0 Å². The maximum absolute atomic E-state index is 5.43. The van der Waals surface area contributed by atoms with Crippen LogP contribution in [0.15, 0.2) is 16.9 Å². The number of rotatable bonds is 2. The fraction of sp³-hybridized carbons (Fsp3) is 0.200. The second-order valence-electron chi connectivity index (χ2n) is 2.19. The second kappa shape index (κ2) is 2.61. The highest BCUT2D eigenvalue weighted by molar-refractivity contribution is 5.12. The Morgan fingerprint density at radius 1 is 1.58 bits per heavy atom. The third kappa shape index (κ3) is 1.11. The minimum absolute atomic E-state index is 0.262. The number of hydrogen-bond donors (Lipinski definition) is 1. The molecule has 12 heavy (non-hydrogen) atoms. The van der Waals surface area contributed by atoms with E-state index in [1.54, 1.807) is 6.07 Å². The van der Waals surface area contributed by atoms with Gasteiger partial charge in [-0.2, -0.15) is 0 Å². The molecule has 0 aliphatic carbocycles. The first kappa shape index (κ1) is 6.77. The zero-order valence-corrected chi connectivity index (χ0v) is 6.08. The van der Waals surface area contributed by atoms with Gasteiger partial charge in [-0.1, -0.05) is 10.3 Å². The summed E-state index contributed by atoms with van der Waals surface area (Å²) in [6.45, 7) is 0.426. The molecule has 0 aliphatic rings. The molecule has 0 saturated heterocycles. The smallest absolute Gasteiger partial charge is 0.240 e. The van der Waals surface area contributed by atoms with Crippen LogP contribution in [0.4, 0.5) is 5.95 Å². The molecule has 0 spiro atoms. The van der Waals surface area contributed by atoms with Crippen molar-refractivity contribution in [2.24, 2.45) is 0 Å². The van der Waals surface area contributed by atoms with Crippen LogP contribution in [0, 0.1) is 0 Å². The first-order valence-corrected chi connectivity index (χ1v) is 3.27. The molecule has 7 nitrogen and oxygen atoms in total. The minimum Gasteiger partial charge on any atom is -0.367 e. The average molecular weight is 166 g/mol. The van der Waals surface area contributed by atoms with Crippen LogP contribution in [-0.4, -0.2) is 25.4 Å². The van der Waals surface area contributed by atoms with E-state index in [-0.39, 0.29) is 5.95 Å². The van der Waals surface area contributed by atoms with Gasteiger partial charge < -0.3 is 10.3 Å². The van der Waals surface area contributed by atoms with E-state index in [4.69, 9.17) is 5.73 Å². The molecule has 2 N–H and O–H groups in total. The first-order valence-electron chi connectivity index (χ1n) is 3.27. The van der Waals surface area contributed by atoms with E-state index < -0.39 is 0 Å². The molecule has 0 unspecified atom stereocenters. The summed E-state index contributed by atoms with van der Waals surface area (Å²) in [5.41, 5.74) is 6.16. The Kier molecular flexibility index (Phi) is 1.47. The molecule has 2 heterocycles. The molecule has 2 aromatic rings. The molecule has 0 aromatic carbocycles. The average Bonchev–Trinajstić information content (AvgIpc) is 2.65. The Hall–Kier alpha value is -1.92. The van der Waals surface area contributed by atoms with Gasteiger partial charge in [-0.3, -0.25) is 0 Å². The molecular weight excluding hydrogens is 160 g/mol. The lowest BCUT2D eigenvalue weighted by Gasteiger charge is -1.94. The SMILES string of the molecule is Nc1nnnn1Cc1ccon1. The maximum atomic E-state index is 5.43. The van der Waals surface area contributed by atoms with E-state index in [2.05, 4.69) is 25.2 Å². The van der Waals surface area contributed by atoms with Gasteiger partial charge >= 0.3 is 0 Å². The van der Waals surface area contributed by atoms with Crippen LogP contribution in [0.1, 0.15) is 5.69 Å². The number of aromatic nitrogens is 5. The maximum Gasteiger partial charge on any atom is 0.240 e. The Morgan fingerprint density at radius 2 is 2.50 bits per heavy atom. The molecule has 2 rings (SSSR count). The summed E-state index contributed by atoms with van der Waals surface area (Å²) in [6.07, 6.45) is 1.48. The van der Waals surface area contributed by atoms with Crippen LogP contribution in [0.3, 0.4) is 0 Å². The van der Waals surface area contributed by atoms with Crippen molar-refractivity contribution in [3.8, 4) is 0 Å². The fourth-order valence-electron chi connectivity index (χ4n) is 0.797. The van der Waals surface area contributed by atoms with Crippen LogP contribution in [0.5, 0.6) is 0 Å². The number of hydrogen-bond acceptors (Lipinski definition) is 6. The predicted octanol–water partition coefficient (Wildman–Crippen LogP) is -0.708. The Labute approximate surface area is 67.1 Å². The molecule has 0 saturated carbocycles. The van der Waals surface area contributed by atoms with Gasteiger partial charge in [0, 0.05) is 6.07 Å². The van der Waals surface area contributed by atoms with Gasteiger partial charge in [0.05, 0.1) is 6.54 Å². The molecule has 0 amide bonds. The quantitative estimate of drug-likeness (QED) is 0.633. The third-order valence-electron chi connectivity index (χ3n) is 1.36. The number of nitrogen functional groups attached to an aromatic ring is 1. The van der Waals surface area contributed by atoms with Gasteiger partial charge in [0.1, 0.15) is 12.0 Å². The van der Waals surface area contributed by atoms with Gasteiger partial charge in [-0.15, -0.1) is 0 Å². The van der Waals surface area contributed by atoms with Crippen LogP contribution in [0.25, 0.3) is 0 Å². The molecular formula is C5H6N6O. The predicted molar refractivity (Wildman–Crippen MR) is 37.8 cm³/mol. The summed E-state index contributed by atoms with van der Waals surface area (Å²) < 4.78 is 6.06. The van der Waals surface area contributed by atoms with Crippen molar-refractivity contribution >= 4 is 5.95 Å². The number of nitrogens with zero attached hydrogens (tertiary/aromatic N) is 5. The van der Waals surface area contributed by atoms with Crippen molar-refractivity contribution < 1.29 is 4.52 Å². The van der Waals surface area contributed by atoms with Gasteiger partial charge in [-0.25, -0.2) is 4.68 Å². The van der Waals surface area contributed by atoms with E-state index in [9.17, 15) is 0 Å². The van der Waals surface area contributed by atoms with Crippen molar-refractivity contribution in [3.05, 3.63) is 18.0 Å². The van der Waals surface area contributed by atoms with Gasteiger partial charge in [0.15, 0.2) is 0 Å². The van der Waals surface area contributed by atoms with Crippen LogP contribution < -0.4 is 5.73 Å². The zero-order chi connectivity index (χ0) is 8.39. The van der Waals surface area contributed by atoms with Crippen molar-refractivity contribution in [2.75, 3.05) is 5.73 Å². The summed E-state index contributed by atoms with van der Waals surface area (Å²) in [5, 5.41) is 14.2. The lowest BCUT2D eigenvalue weighted by Crippen LogP contribution is -2.06. The highest BCUT2D eigenvalue weighted by Crippen LogP contribution is 1.99. The second-order valence-corrected chi connectivity index (χ2v) is 2.19. The Balaban J connectivity index is 2.20. The molecule has 0 radical (unpaired) electrons. The van der Waals surface area contributed by atoms with E-state index in [1.807, 2.05) is 0 Å². The van der Waals surface area contributed by atoms with Crippen molar-refractivity contribution in [3.63, 3.8) is 0 Å². The molecule has 7 heteroatoms. The largest absolute Gasteiger partial charge is 0.367 e. The van der Waals surface area contributed by atoms with Gasteiger partial charge in [0.25, 0.3) is 0 Å². The lowest BCUT2D eigenvalue weighted by molar-refractivity contribution is 0.408. The number of nitrogens with two attached hydrogens (primary N) is 1. The summed E-state index contributed by atoms with van der Waals surface area (Å²) in [6, 6.07) is 1.72. The highest BCUT2D eigenvalue weighted by Gasteiger charge is 2.03. The van der Waals surface area contributed by atoms with Gasteiger partial charge in [-0.05, 0) is 10.4 Å². The van der Waals surface area contributed by atoms with Gasteiger partial charge in [0.2, 0.25) is 5.95 Å². The summed E-state index contributed by atoms with van der Waals surface area (Å²) >= 11 is 0. The van der Waals surface area contributed by atoms with Crippen molar-refractivity contribution in [1.29, 1.82) is 0 Å². The highest BCUT2D eigenvalue weighted by atomic mass is 16.5. The van der Waals surface area contributed by atoms with Crippen molar-refractivity contribution in [2.45, 2.75) is 6.54 Å². The third-order valence-corrected chi connectivity index (χ3v) is 1.36. The van der Waals surface area contributed by atoms with Crippen LogP contribution >= 0.6 is 0 Å². The topological polar surface area (TPSA) is 95.7 Å². The monoisotopic (exact) mass is 166 g/mol. The molecule has 0 atom stereocenters. The molecule has 2 aromatic heterocycles. The normalized spacial score (nSPS) is 10.3. The summed E-state index contributed by atoms with van der Waals surface area (Å²) in [4.78, 5) is 0. The van der Waals surface area contributed by atoms with E-state index in [1.165, 1.54) is 10.9 Å². The number of tetrazole rings is 1. The zero-order valence-electron chi connectivity index (χ0n) is 6.08. The van der Waals surface area contributed by atoms with E-state index in [0.29, 0.717) is 6.54 Å². The van der Waals surface area contributed by atoms with E-state index in [0.717, 1.165) is 5.69 Å². The molecule has 0 fully saturated rings. The summed E-state index contributed by atoms with van der Waals surface area (Å²) in [5.74, 6) is 0.262. The molecule has 0 aliphatic heterocycles. The first-order chi connectivity index (χ1) is 5.86. The van der Waals surface area contributed by atoms with Crippen molar-refractivity contribution in [1.82, 2.24) is 25.4 Å².